The van der Waals surface area contributed by atoms with Crippen molar-refractivity contribution in [2.45, 2.75) is 77.4 Å². The summed E-state index contributed by atoms with van der Waals surface area (Å²) in [6.07, 6.45) is 8.50. The molecule has 0 bridgehead atoms. The number of phenolic OH excluding ortho intramolecular Hbond substituents is 1. The second-order valence-corrected chi connectivity index (χ2v) is 14.2. The zero-order valence-corrected chi connectivity index (χ0v) is 28.1. The number of pyridine rings is 1. The van der Waals surface area contributed by atoms with Gasteiger partial charge >= 0.3 is 6.01 Å². The van der Waals surface area contributed by atoms with Crippen molar-refractivity contribution in [1.82, 2.24) is 19.9 Å². The monoisotopic (exact) mass is 661 g/mol. The summed E-state index contributed by atoms with van der Waals surface area (Å²) in [5.41, 5.74) is -0.536. The van der Waals surface area contributed by atoms with E-state index in [1.807, 2.05) is 11.8 Å². The summed E-state index contributed by atoms with van der Waals surface area (Å²) >= 11 is 0. The molecule has 7 rings (SSSR count). The van der Waals surface area contributed by atoms with Crippen molar-refractivity contribution in [2.75, 3.05) is 50.9 Å². The van der Waals surface area contributed by atoms with Crippen LogP contribution in [-0.2, 0) is 11.2 Å². The maximum atomic E-state index is 17.0. The molecule has 9 nitrogen and oxygen atoms in total. The fourth-order valence-corrected chi connectivity index (χ4v) is 8.51. The van der Waals surface area contributed by atoms with Crippen LogP contribution in [0.5, 0.6) is 11.8 Å². The summed E-state index contributed by atoms with van der Waals surface area (Å²) in [6, 6.07) is 6.40. The van der Waals surface area contributed by atoms with Gasteiger partial charge in [-0.1, -0.05) is 26.3 Å². The van der Waals surface area contributed by atoms with E-state index in [0.717, 1.165) is 51.6 Å². The van der Waals surface area contributed by atoms with E-state index < -0.39 is 17.2 Å². The summed E-state index contributed by atoms with van der Waals surface area (Å²) in [5, 5.41) is 23.1. The topological polar surface area (TPSA) is 104 Å². The molecule has 2 N–H and O–H groups in total. The first-order chi connectivity index (χ1) is 23.1. The number of halogens is 2. The molecule has 3 aliphatic rings. The van der Waals surface area contributed by atoms with E-state index in [-0.39, 0.29) is 47.1 Å². The average molecular weight is 662 g/mol. The van der Waals surface area contributed by atoms with Gasteiger partial charge in [0.25, 0.3) is 0 Å². The van der Waals surface area contributed by atoms with Crippen LogP contribution < -0.4 is 9.64 Å². The molecule has 0 amide bonds. The van der Waals surface area contributed by atoms with Gasteiger partial charge in [0, 0.05) is 29.8 Å². The minimum Gasteiger partial charge on any atom is -0.508 e. The highest BCUT2D eigenvalue weighted by molar-refractivity contribution is 6.01. The van der Waals surface area contributed by atoms with E-state index in [1.54, 1.807) is 19.1 Å². The van der Waals surface area contributed by atoms with Crippen molar-refractivity contribution in [3.05, 3.63) is 47.7 Å². The molecule has 0 unspecified atom stereocenters. The van der Waals surface area contributed by atoms with E-state index in [4.69, 9.17) is 14.5 Å². The van der Waals surface area contributed by atoms with E-state index in [1.165, 1.54) is 18.3 Å². The summed E-state index contributed by atoms with van der Waals surface area (Å²) in [7, 11) is 0. The fraction of sp³-hybridized carbons (Fsp3) is 0.541. The van der Waals surface area contributed by atoms with Crippen LogP contribution in [0.4, 0.5) is 14.6 Å². The van der Waals surface area contributed by atoms with Crippen molar-refractivity contribution in [3.63, 3.8) is 0 Å². The van der Waals surface area contributed by atoms with Gasteiger partial charge in [0.2, 0.25) is 0 Å². The van der Waals surface area contributed by atoms with Crippen LogP contribution in [0.2, 0.25) is 0 Å². The number of hydrogen-bond acceptors (Lipinski definition) is 9. The van der Waals surface area contributed by atoms with Crippen LogP contribution in [0.15, 0.2) is 30.5 Å². The number of benzene rings is 2. The predicted molar refractivity (Wildman–Crippen MR) is 182 cm³/mol. The van der Waals surface area contributed by atoms with Crippen LogP contribution in [0.3, 0.4) is 0 Å². The SMILES string of the molecule is CCCN1CCC[C@@]2(COc3nc(N4CCOC[C@@](C)(O)C4)c4cnc(-c5cc(O)cc6ccc(F)c(CC)c56)c(F)c4n3)CCC[C@@H]12. The molecule has 4 heterocycles. The third-order valence-electron chi connectivity index (χ3n) is 10.6. The number of piperidine rings is 1. The maximum absolute atomic E-state index is 17.0. The third kappa shape index (κ3) is 5.94. The van der Waals surface area contributed by atoms with Gasteiger partial charge in [0.05, 0.1) is 31.8 Å². The van der Waals surface area contributed by atoms with Crippen molar-refractivity contribution < 1.29 is 28.5 Å². The number of aryl methyl sites for hydroxylation is 1. The Morgan fingerprint density at radius 1 is 1.10 bits per heavy atom. The van der Waals surface area contributed by atoms with Gasteiger partial charge in [-0.15, -0.1) is 0 Å². The standard InChI is InChI=1S/C37H45F2N5O4/c1-4-13-43-14-7-12-37(11-6-8-29(37)43)22-48-35-41-33-27(34(42-35)44-15-16-47-21-36(3,46)20-44)19-40-32(31(33)39)26-18-24(45)17-23-9-10-28(38)25(5-2)30(23)26/h9-10,17-19,29,45-46H,4-8,11-16,20-22H2,1-3H3/t29-,36+,37-/m1/s1. The molecule has 2 aliphatic heterocycles. The number of aromatic nitrogens is 3. The number of likely N-dealkylation sites (tertiary alicyclic amines) is 1. The van der Waals surface area contributed by atoms with E-state index in [2.05, 4.69) is 21.8 Å². The number of fused-ring (bicyclic) bond motifs is 3. The first-order valence-electron chi connectivity index (χ1n) is 17.4. The number of rotatable bonds is 8. The molecule has 3 atom stereocenters. The van der Waals surface area contributed by atoms with Gasteiger partial charge < -0.3 is 24.6 Å². The van der Waals surface area contributed by atoms with Crippen molar-refractivity contribution >= 4 is 27.5 Å². The highest BCUT2D eigenvalue weighted by atomic mass is 19.1. The first kappa shape index (κ1) is 32.9. The van der Waals surface area contributed by atoms with Crippen molar-refractivity contribution in [2.24, 2.45) is 5.41 Å². The Balaban J connectivity index is 1.36. The second kappa shape index (κ2) is 13.0. The van der Waals surface area contributed by atoms with Crippen LogP contribution in [0.25, 0.3) is 32.9 Å². The number of nitrogens with zero attached hydrogens (tertiary/aromatic N) is 5. The Morgan fingerprint density at radius 2 is 1.94 bits per heavy atom. The lowest BCUT2D eigenvalue weighted by molar-refractivity contribution is -0.0123. The van der Waals surface area contributed by atoms with Gasteiger partial charge in [-0.25, -0.2) is 8.78 Å². The molecule has 3 fully saturated rings. The Kier molecular flexibility index (Phi) is 8.89. The molecule has 2 aromatic heterocycles. The summed E-state index contributed by atoms with van der Waals surface area (Å²) < 4.78 is 44.2. The lowest BCUT2D eigenvalue weighted by atomic mass is 9.75. The predicted octanol–water partition coefficient (Wildman–Crippen LogP) is 6.40. The van der Waals surface area contributed by atoms with Crippen LogP contribution >= 0.6 is 0 Å². The van der Waals surface area contributed by atoms with E-state index in [0.29, 0.717) is 59.8 Å². The number of β-amino-alcohol motifs (C(OH)–C–C–N with tert-alkyl or cyclic N) is 1. The summed E-state index contributed by atoms with van der Waals surface area (Å²) in [4.78, 5) is 18.5. The van der Waals surface area contributed by atoms with E-state index >= 15 is 8.78 Å². The number of hydrogen-bond donors (Lipinski definition) is 2. The summed E-state index contributed by atoms with van der Waals surface area (Å²) in [6.45, 7) is 9.48. The number of ether oxygens (including phenoxy) is 2. The lowest BCUT2D eigenvalue weighted by Gasteiger charge is -2.46. The van der Waals surface area contributed by atoms with Crippen LogP contribution in [0.1, 0.15) is 64.9 Å². The van der Waals surface area contributed by atoms with Crippen LogP contribution in [0, 0.1) is 17.0 Å². The van der Waals surface area contributed by atoms with Gasteiger partial charge in [-0.05, 0) is 93.1 Å². The molecule has 48 heavy (non-hydrogen) atoms. The number of aromatic hydroxyl groups is 1. The smallest absolute Gasteiger partial charge is 0.319 e. The van der Waals surface area contributed by atoms with E-state index in [9.17, 15) is 10.2 Å². The fourth-order valence-electron chi connectivity index (χ4n) is 8.51. The molecular weight excluding hydrogens is 616 g/mol. The zero-order valence-electron chi connectivity index (χ0n) is 28.1. The molecule has 2 saturated heterocycles. The molecule has 4 aromatic rings. The second-order valence-electron chi connectivity index (χ2n) is 14.2. The Labute approximate surface area is 279 Å². The highest BCUT2D eigenvalue weighted by Gasteiger charge is 2.48. The average Bonchev–Trinajstić information content (AvgIpc) is 3.42. The highest BCUT2D eigenvalue weighted by Crippen LogP contribution is 2.48. The molecule has 2 aromatic carbocycles. The number of anilines is 1. The Morgan fingerprint density at radius 3 is 2.75 bits per heavy atom. The van der Waals surface area contributed by atoms with Gasteiger partial charge in [-0.2, -0.15) is 9.97 Å². The Hall–Kier alpha value is -3.67. The molecule has 1 aliphatic carbocycles. The molecule has 1 saturated carbocycles. The Bertz CT molecular complexity index is 1840. The molecule has 0 radical (unpaired) electrons. The third-order valence-corrected chi connectivity index (χ3v) is 10.6. The van der Waals surface area contributed by atoms with Crippen molar-refractivity contribution in [3.8, 4) is 23.0 Å². The van der Waals surface area contributed by atoms with Gasteiger partial charge in [0.1, 0.15) is 34.2 Å². The molecule has 11 heteroatoms. The molecular formula is C37H45F2N5O4. The van der Waals surface area contributed by atoms with Gasteiger partial charge in [0.15, 0.2) is 5.82 Å². The van der Waals surface area contributed by atoms with Crippen molar-refractivity contribution in [1.29, 1.82) is 0 Å². The lowest BCUT2D eigenvalue weighted by Crippen LogP contribution is -2.52. The first-order valence-corrected chi connectivity index (χ1v) is 17.4. The number of aliphatic hydroxyl groups is 1. The normalized spacial score (nSPS) is 25.0. The summed E-state index contributed by atoms with van der Waals surface area (Å²) in [5.74, 6) is -0.808. The minimum atomic E-state index is -1.16. The minimum absolute atomic E-state index is 0.00692. The molecule has 0 spiro atoms. The van der Waals surface area contributed by atoms with Gasteiger partial charge in [-0.3, -0.25) is 9.88 Å². The zero-order chi connectivity index (χ0) is 33.6. The quantitative estimate of drug-likeness (QED) is 0.222. The largest absolute Gasteiger partial charge is 0.508 e. The maximum Gasteiger partial charge on any atom is 0.319 e. The number of phenols is 1. The molecule has 256 valence electrons. The van der Waals surface area contributed by atoms with Crippen LogP contribution in [-0.4, -0.2) is 87.7 Å².